The second kappa shape index (κ2) is 7.68. The molecule has 0 aromatic heterocycles. The zero-order valence-corrected chi connectivity index (χ0v) is 15.4. The first-order valence-electron chi connectivity index (χ1n) is 7.42. The lowest BCUT2D eigenvalue weighted by Gasteiger charge is -2.06. The van der Waals surface area contributed by atoms with Crippen molar-refractivity contribution in [3.63, 3.8) is 0 Å². The van der Waals surface area contributed by atoms with Gasteiger partial charge in [0.1, 0.15) is 11.4 Å². The van der Waals surface area contributed by atoms with Gasteiger partial charge in [-0.15, -0.1) is 0 Å². The first kappa shape index (κ1) is 16.8. The van der Waals surface area contributed by atoms with Crippen molar-refractivity contribution in [1.82, 2.24) is 5.32 Å². The van der Waals surface area contributed by atoms with Crippen molar-refractivity contribution in [2.45, 2.75) is 6.92 Å². The summed E-state index contributed by atoms with van der Waals surface area (Å²) in [5.41, 5.74) is 1.66. The minimum atomic E-state index is -0.146. The van der Waals surface area contributed by atoms with Crippen LogP contribution in [0.1, 0.15) is 12.5 Å². The Morgan fingerprint density at radius 3 is 2.88 bits per heavy atom. The molecule has 0 radical (unpaired) electrons. The van der Waals surface area contributed by atoms with Gasteiger partial charge in [-0.3, -0.25) is 4.79 Å². The molecule has 0 saturated carbocycles. The quantitative estimate of drug-likeness (QED) is 0.751. The number of nitrogens with one attached hydrogen (secondary N) is 1. The van der Waals surface area contributed by atoms with Crippen molar-refractivity contribution in [3.05, 3.63) is 63.5 Å². The minimum absolute atomic E-state index is 0.146. The molecule has 3 rings (SSSR count). The number of carbonyl (C=O) groups excluding carboxylic acids is 1. The number of hydrogen-bond acceptors (Lipinski definition) is 4. The molecule has 1 aliphatic rings. The van der Waals surface area contributed by atoms with E-state index < -0.39 is 0 Å². The van der Waals surface area contributed by atoms with Gasteiger partial charge >= 0.3 is 0 Å². The number of amides is 1. The summed E-state index contributed by atoms with van der Waals surface area (Å²) in [6, 6.07) is 15.3. The molecule has 2 aromatic rings. The first-order chi connectivity index (χ1) is 11.7. The van der Waals surface area contributed by atoms with Crippen LogP contribution >= 0.6 is 27.7 Å². The lowest BCUT2D eigenvalue weighted by Crippen LogP contribution is -2.19. The number of nitrogens with zero attached hydrogens (tertiary/aromatic N) is 1. The normalized spacial score (nSPS) is 17.3. The van der Waals surface area contributed by atoms with Crippen molar-refractivity contribution in [2.24, 2.45) is 4.99 Å². The number of hydrogen-bond donors (Lipinski definition) is 1. The van der Waals surface area contributed by atoms with Gasteiger partial charge in [0.2, 0.25) is 0 Å². The maximum Gasteiger partial charge on any atom is 0.264 e. The molecule has 0 atom stereocenters. The monoisotopic (exact) mass is 402 g/mol. The van der Waals surface area contributed by atoms with Crippen molar-refractivity contribution >= 4 is 50.5 Å². The molecule has 1 saturated heterocycles. The van der Waals surface area contributed by atoms with E-state index in [9.17, 15) is 4.79 Å². The van der Waals surface area contributed by atoms with Gasteiger partial charge in [-0.05, 0) is 54.6 Å². The lowest BCUT2D eigenvalue weighted by molar-refractivity contribution is -0.115. The minimum Gasteiger partial charge on any atom is -0.492 e. The Morgan fingerprint density at radius 1 is 1.25 bits per heavy atom. The van der Waals surface area contributed by atoms with Crippen molar-refractivity contribution in [3.8, 4) is 5.75 Å². The number of aliphatic imine (C=N–C) groups is 1. The molecule has 24 heavy (non-hydrogen) atoms. The number of ether oxygens (including phenoxy) is 1. The Balaban J connectivity index is 1.85. The summed E-state index contributed by atoms with van der Waals surface area (Å²) >= 11 is 4.75. The lowest BCUT2D eigenvalue weighted by atomic mass is 10.2. The Morgan fingerprint density at radius 2 is 2.08 bits per heavy atom. The van der Waals surface area contributed by atoms with E-state index in [2.05, 4.69) is 26.2 Å². The van der Waals surface area contributed by atoms with Gasteiger partial charge in [-0.1, -0.05) is 40.2 Å². The van der Waals surface area contributed by atoms with Crippen LogP contribution in [0.4, 0.5) is 5.69 Å². The number of halogens is 1. The van der Waals surface area contributed by atoms with Gasteiger partial charge in [0.25, 0.3) is 5.91 Å². The zero-order chi connectivity index (χ0) is 16.9. The molecular weight excluding hydrogens is 388 g/mol. The second-order valence-corrected chi connectivity index (χ2v) is 6.88. The molecule has 2 aromatic carbocycles. The van der Waals surface area contributed by atoms with Gasteiger partial charge in [-0.25, -0.2) is 4.99 Å². The summed E-state index contributed by atoms with van der Waals surface area (Å²) in [7, 11) is 0. The summed E-state index contributed by atoms with van der Waals surface area (Å²) in [4.78, 5) is 17.3. The SMILES string of the molecule is CCOc1ccccc1N=C1NC(=O)/C(=C/c2cccc(Br)c2)S1. The second-order valence-electron chi connectivity index (χ2n) is 4.94. The third-order valence-corrected chi connectivity index (χ3v) is 4.59. The van der Waals surface area contributed by atoms with Gasteiger partial charge in [0.05, 0.1) is 11.5 Å². The van der Waals surface area contributed by atoms with Crippen LogP contribution in [0, 0.1) is 0 Å². The number of carbonyl (C=O) groups is 1. The van der Waals surface area contributed by atoms with Crippen LogP contribution in [0.2, 0.25) is 0 Å². The zero-order valence-electron chi connectivity index (χ0n) is 13.0. The van der Waals surface area contributed by atoms with E-state index in [1.165, 1.54) is 11.8 Å². The van der Waals surface area contributed by atoms with Gasteiger partial charge in [-0.2, -0.15) is 0 Å². The van der Waals surface area contributed by atoms with Crippen LogP contribution in [0.3, 0.4) is 0 Å². The third-order valence-electron chi connectivity index (χ3n) is 3.18. The predicted octanol–water partition coefficient (Wildman–Crippen LogP) is 4.74. The van der Waals surface area contributed by atoms with E-state index in [4.69, 9.17) is 4.74 Å². The Kier molecular flexibility index (Phi) is 5.37. The molecule has 0 unspecified atom stereocenters. The van der Waals surface area contributed by atoms with Crippen molar-refractivity contribution < 1.29 is 9.53 Å². The van der Waals surface area contributed by atoms with Crippen LogP contribution in [-0.2, 0) is 4.79 Å². The van der Waals surface area contributed by atoms with Crippen molar-refractivity contribution in [2.75, 3.05) is 6.61 Å². The predicted molar refractivity (Wildman–Crippen MR) is 103 cm³/mol. The molecule has 1 N–H and O–H groups in total. The van der Waals surface area contributed by atoms with Gasteiger partial charge < -0.3 is 10.1 Å². The van der Waals surface area contributed by atoms with E-state index in [1.807, 2.05) is 61.5 Å². The third kappa shape index (κ3) is 4.07. The van der Waals surface area contributed by atoms with E-state index in [0.29, 0.717) is 28.1 Å². The van der Waals surface area contributed by atoms with Crippen LogP contribution < -0.4 is 10.1 Å². The van der Waals surface area contributed by atoms with Crippen LogP contribution in [-0.4, -0.2) is 17.7 Å². The van der Waals surface area contributed by atoms with Crippen LogP contribution in [0.15, 0.2) is 62.9 Å². The maximum absolute atomic E-state index is 12.2. The number of amidine groups is 1. The molecule has 0 spiro atoms. The molecule has 0 bridgehead atoms. The molecule has 1 heterocycles. The first-order valence-corrected chi connectivity index (χ1v) is 9.03. The number of thioether (sulfide) groups is 1. The highest BCUT2D eigenvalue weighted by Crippen LogP contribution is 2.32. The highest BCUT2D eigenvalue weighted by molar-refractivity contribution is 9.10. The molecule has 6 heteroatoms. The average molecular weight is 403 g/mol. The number of para-hydroxylation sites is 2. The van der Waals surface area contributed by atoms with Gasteiger partial charge in [0.15, 0.2) is 5.17 Å². The molecule has 4 nitrogen and oxygen atoms in total. The van der Waals surface area contributed by atoms with Gasteiger partial charge in [0, 0.05) is 4.47 Å². The fourth-order valence-corrected chi connectivity index (χ4v) is 3.42. The molecule has 0 aliphatic carbocycles. The molecule has 1 aliphatic heterocycles. The highest BCUT2D eigenvalue weighted by Gasteiger charge is 2.24. The summed E-state index contributed by atoms with van der Waals surface area (Å²) < 4.78 is 6.53. The van der Waals surface area contributed by atoms with E-state index in [1.54, 1.807) is 0 Å². The molecular formula is C18H15BrN2O2S. The fraction of sp³-hybridized carbons (Fsp3) is 0.111. The Bertz CT molecular complexity index is 833. The average Bonchev–Trinajstić information content (AvgIpc) is 2.89. The smallest absolute Gasteiger partial charge is 0.264 e. The van der Waals surface area contributed by atoms with E-state index >= 15 is 0 Å². The van der Waals surface area contributed by atoms with E-state index in [0.717, 1.165) is 10.0 Å². The molecule has 1 fully saturated rings. The summed E-state index contributed by atoms with van der Waals surface area (Å²) in [5, 5.41) is 3.34. The summed E-state index contributed by atoms with van der Waals surface area (Å²) in [6.07, 6.45) is 1.85. The van der Waals surface area contributed by atoms with E-state index in [-0.39, 0.29) is 5.91 Å². The molecule has 122 valence electrons. The number of benzene rings is 2. The topological polar surface area (TPSA) is 50.7 Å². The summed E-state index contributed by atoms with van der Waals surface area (Å²) in [6.45, 7) is 2.49. The summed E-state index contributed by atoms with van der Waals surface area (Å²) in [5.74, 6) is 0.555. The maximum atomic E-state index is 12.2. The van der Waals surface area contributed by atoms with Crippen molar-refractivity contribution in [1.29, 1.82) is 0 Å². The Labute approximate surface area is 153 Å². The number of rotatable bonds is 4. The fourth-order valence-electron chi connectivity index (χ4n) is 2.16. The Hall–Kier alpha value is -2.05. The largest absolute Gasteiger partial charge is 0.492 e. The molecule has 1 amide bonds. The van der Waals surface area contributed by atoms with Crippen LogP contribution in [0.25, 0.3) is 6.08 Å². The highest BCUT2D eigenvalue weighted by atomic mass is 79.9. The van der Waals surface area contributed by atoms with Crippen LogP contribution in [0.5, 0.6) is 5.75 Å². The standard InChI is InChI=1S/C18H15BrN2O2S/c1-2-23-15-9-4-3-8-14(15)20-18-21-17(22)16(24-18)11-12-6-5-7-13(19)10-12/h3-11H,2H2,1H3,(H,20,21,22)/b16-11-.